The lowest BCUT2D eigenvalue weighted by Gasteiger charge is -2.25. The molecule has 1 amide bonds. The minimum absolute atomic E-state index is 0.0970. The normalized spacial score (nSPS) is 21.7. The second-order valence-corrected chi connectivity index (χ2v) is 6.95. The van der Waals surface area contributed by atoms with Gasteiger partial charge in [-0.3, -0.25) is 4.68 Å². The van der Waals surface area contributed by atoms with Crippen molar-refractivity contribution in [2.45, 2.75) is 71.1 Å². The highest BCUT2D eigenvalue weighted by Gasteiger charge is 2.30. The van der Waals surface area contributed by atoms with Crippen LogP contribution in [0.4, 0.5) is 10.5 Å². The molecule has 0 aliphatic heterocycles. The number of rotatable bonds is 4. The van der Waals surface area contributed by atoms with Gasteiger partial charge in [0.2, 0.25) is 0 Å². The van der Waals surface area contributed by atoms with Crippen molar-refractivity contribution in [2.75, 3.05) is 5.32 Å². The lowest BCUT2D eigenvalue weighted by atomic mass is 10.1. The number of carbonyl (C=O) groups is 1. The maximum absolute atomic E-state index is 12.0. The third-order valence-electron chi connectivity index (χ3n) is 3.80. The number of hydrogen-bond donors (Lipinski definition) is 2. The minimum atomic E-state index is -0.468. The quantitative estimate of drug-likeness (QED) is 0.897. The Kier molecular flexibility index (Phi) is 4.98. The maximum Gasteiger partial charge on any atom is 0.407 e. The zero-order valence-electron chi connectivity index (χ0n) is 14.3. The zero-order valence-corrected chi connectivity index (χ0v) is 14.3. The van der Waals surface area contributed by atoms with E-state index in [-0.39, 0.29) is 18.2 Å². The third-order valence-corrected chi connectivity index (χ3v) is 3.80. The van der Waals surface area contributed by atoms with Crippen LogP contribution < -0.4 is 10.6 Å². The Balaban J connectivity index is 1.97. The van der Waals surface area contributed by atoms with E-state index in [4.69, 9.17) is 4.74 Å². The number of hydrogen-bond acceptors (Lipinski definition) is 4. The molecule has 2 rings (SSSR count). The molecule has 1 heterocycles. The molecule has 0 aromatic carbocycles. The van der Waals surface area contributed by atoms with Crippen LogP contribution >= 0.6 is 0 Å². The molecule has 0 spiro atoms. The molecule has 0 unspecified atom stereocenters. The second-order valence-electron chi connectivity index (χ2n) is 6.95. The summed E-state index contributed by atoms with van der Waals surface area (Å²) in [7, 11) is 1.93. The molecule has 1 aliphatic carbocycles. The topological polar surface area (TPSA) is 68.2 Å². The van der Waals surface area contributed by atoms with Crippen LogP contribution in [0.5, 0.6) is 0 Å². The van der Waals surface area contributed by atoms with Gasteiger partial charge in [0.25, 0.3) is 0 Å². The molecular formula is C16H28N4O2. The van der Waals surface area contributed by atoms with Crippen molar-refractivity contribution in [3.63, 3.8) is 0 Å². The molecule has 124 valence electrons. The fourth-order valence-electron chi connectivity index (χ4n) is 2.88. The van der Waals surface area contributed by atoms with Gasteiger partial charge in [-0.15, -0.1) is 0 Å². The van der Waals surface area contributed by atoms with Gasteiger partial charge in [-0.1, -0.05) is 6.92 Å². The number of nitrogens with one attached hydrogen (secondary N) is 2. The van der Waals surface area contributed by atoms with Crippen LogP contribution in [0.15, 0.2) is 6.20 Å². The van der Waals surface area contributed by atoms with Gasteiger partial charge in [0.05, 0.1) is 17.4 Å². The van der Waals surface area contributed by atoms with Gasteiger partial charge in [0, 0.05) is 19.3 Å². The lowest BCUT2D eigenvalue weighted by molar-refractivity contribution is 0.0503. The van der Waals surface area contributed by atoms with E-state index in [0.717, 1.165) is 37.1 Å². The average Bonchev–Trinajstić information content (AvgIpc) is 2.94. The number of ether oxygens (including phenoxy) is 1. The molecule has 22 heavy (non-hydrogen) atoms. The van der Waals surface area contributed by atoms with Gasteiger partial charge in [-0.05, 0) is 46.5 Å². The van der Waals surface area contributed by atoms with Gasteiger partial charge in [0.15, 0.2) is 0 Å². The first-order chi connectivity index (χ1) is 10.3. The Morgan fingerprint density at radius 1 is 1.41 bits per heavy atom. The highest BCUT2D eigenvalue weighted by atomic mass is 16.6. The number of carbonyl (C=O) groups excluding carboxylic acids is 1. The van der Waals surface area contributed by atoms with E-state index in [2.05, 4.69) is 22.7 Å². The van der Waals surface area contributed by atoms with Crippen molar-refractivity contribution in [1.29, 1.82) is 0 Å². The van der Waals surface area contributed by atoms with Crippen molar-refractivity contribution in [1.82, 2.24) is 15.1 Å². The van der Waals surface area contributed by atoms with E-state index in [1.807, 2.05) is 38.7 Å². The minimum Gasteiger partial charge on any atom is -0.444 e. The number of anilines is 1. The first-order valence-electron chi connectivity index (χ1n) is 8.07. The van der Waals surface area contributed by atoms with Gasteiger partial charge in [0.1, 0.15) is 5.60 Å². The molecule has 2 N–H and O–H groups in total. The van der Waals surface area contributed by atoms with Crippen LogP contribution in [-0.4, -0.2) is 33.6 Å². The SMILES string of the molecule is CCc1nn(C)cc1N[C@@H]1CCC[C@H]1NC(=O)OC(C)(C)C. The van der Waals surface area contributed by atoms with Crippen molar-refractivity contribution in [2.24, 2.45) is 7.05 Å². The molecule has 2 atom stereocenters. The molecule has 0 bridgehead atoms. The van der Waals surface area contributed by atoms with Crippen molar-refractivity contribution >= 4 is 11.8 Å². The van der Waals surface area contributed by atoms with Crippen LogP contribution in [0.1, 0.15) is 52.7 Å². The first-order valence-corrected chi connectivity index (χ1v) is 8.07. The van der Waals surface area contributed by atoms with Crippen molar-refractivity contribution < 1.29 is 9.53 Å². The summed E-state index contributed by atoms with van der Waals surface area (Å²) in [4.78, 5) is 12.0. The molecule has 6 heteroatoms. The van der Waals surface area contributed by atoms with E-state index in [1.54, 1.807) is 0 Å². The molecule has 0 radical (unpaired) electrons. The average molecular weight is 308 g/mol. The highest BCUT2D eigenvalue weighted by molar-refractivity contribution is 5.68. The summed E-state index contributed by atoms with van der Waals surface area (Å²) >= 11 is 0. The Morgan fingerprint density at radius 2 is 2.09 bits per heavy atom. The summed E-state index contributed by atoms with van der Waals surface area (Å²) in [5, 5.41) is 11.0. The lowest BCUT2D eigenvalue weighted by Crippen LogP contribution is -2.45. The smallest absolute Gasteiger partial charge is 0.407 e. The Morgan fingerprint density at radius 3 is 2.73 bits per heavy atom. The predicted octanol–water partition coefficient (Wildman–Crippen LogP) is 2.84. The molecule has 0 saturated heterocycles. The molecule has 1 aromatic rings. The summed E-state index contributed by atoms with van der Waals surface area (Å²) in [5.74, 6) is 0. The highest BCUT2D eigenvalue weighted by Crippen LogP contribution is 2.25. The zero-order chi connectivity index (χ0) is 16.3. The van der Waals surface area contributed by atoms with Gasteiger partial charge < -0.3 is 15.4 Å². The molecule has 1 aromatic heterocycles. The van der Waals surface area contributed by atoms with E-state index in [1.165, 1.54) is 0 Å². The van der Waals surface area contributed by atoms with Crippen LogP contribution in [0.2, 0.25) is 0 Å². The van der Waals surface area contributed by atoms with E-state index >= 15 is 0 Å². The van der Waals surface area contributed by atoms with Crippen LogP contribution in [0, 0.1) is 0 Å². The summed E-state index contributed by atoms with van der Waals surface area (Å²) < 4.78 is 7.18. The summed E-state index contributed by atoms with van der Waals surface area (Å²) in [5.41, 5.74) is 1.66. The monoisotopic (exact) mass is 308 g/mol. The maximum atomic E-state index is 12.0. The van der Waals surface area contributed by atoms with Crippen molar-refractivity contribution in [3.8, 4) is 0 Å². The largest absolute Gasteiger partial charge is 0.444 e. The number of nitrogens with zero attached hydrogens (tertiary/aromatic N) is 2. The number of alkyl carbamates (subject to hydrolysis) is 1. The van der Waals surface area contributed by atoms with E-state index < -0.39 is 5.60 Å². The fourth-order valence-corrected chi connectivity index (χ4v) is 2.88. The first kappa shape index (κ1) is 16.6. The van der Waals surface area contributed by atoms with E-state index in [9.17, 15) is 4.79 Å². The Hall–Kier alpha value is -1.72. The summed E-state index contributed by atoms with van der Waals surface area (Å²) in [6, 6.07) is 0.321. The number of aromatic nitrogens is 2. The van der Waals surface area contributed by atoms with Gasteiger partial charge >= 0.3 is 6.09 Å². The van der Waals surface area contributed by atoms with Crippen LogP contribution in [-0.2, 0) is 18.2 Å². The molecule has 1 aliphatic rings. The molecule has 1 saturated carbocycles. The van der Waals surface area contributed by atoms with Crippen LogP contribution in [0.3, 0.4) is 0 Å². The Labute approximate surface area is 132 Å². The molecular weight excluding hydrogens is 280 g/mol. The summed E-state index contributed by atoms with van der Waals surface area (Å²) in [6.45, 7) is 7.72. The molecule has 1 fully saturated rings. The predicted molar refractivity (Wildman–Crippen MR) is 87.0 cm³/mol. The standard InChI is InChI=1S/C16H28N4O2/c1-6-11-14(10-20(5)19-11)17-12-8-7-9-13(12)18-15(21)22-16(2,3)4/h10,12-13,17H,6-9H2,1-5H3,(H,18,21)/t12-,13-/m1/s1. The van der Waals surface area contributed by atoms with Crippen molar-refractivity contribution in [3.05, 3.63) is 11.9 Å². The second kappa shape index (κ2) is 6.58. The fraction of sp³-hybridized carbons (Fsp3) is 0.750. The number of amides is 1. The summed E-state index contributed by atoms with van der Waals surface area (Å²) in [6.07, 6.45) is 5.66. The van der Waals surface area contributed by atoms with E-state index in [0.29, 0.717) is 0 Å². The molecule has 6 nitrogen and oxygen atoms in total. The number of aryl methyl sites for hydroxylation is 2. The van der Waals surface area contributed by atoms with Crippen LogP contribution in [0.25, 0.3) is 0 Å². The Bertz CT molecular complexity index is 519. The third kappa shape index (κ3) is 4.39. The van der Waals surface area contributed by atoms with Gasteiger partial charge in [-0.2, -0.15) is 5.10 Å². The van der Waals surface area contributed by atoms with Gasteiger partial charge in [-0.25, -0.2) is 4.79 Å².